The van der Waals surface area contributed by atoms with Crippen molar-refractivity contribution in [3.05, 3.63) is 22.8 Å². The summed E-state index contributed by atoms with van der Waals surface area (Å²) in [5.74, 6) is 0.950. The molecule has 1 atom stereocenters. The summed E-state index contributed by atoms with van der Waals surface area (Å²) in [6.45, 7) is 7.46. The van der Waals surface area contributed by atoms with Crippen molar-refractivity contribution in [3.63, 3.8) is 0 Å². The smallest absolute Gasteiger partial charge is 0.261 e. The number of carbonyl (C=O) groups is 1. The second-order valence-corrected chi connectivity index (χ2v) is 8.93. The van der Waals surface area contributed by atoms with E-state index in [1.54, 1.807) is 18.5 Å². The molecule has 2 aromatic rings. The molecule has 0 bridgehead atoms. The molecule has 0 aromatic carbocycles. The minimum Gasteiger partial charge on any atom is -0.289 e. The molecule has 10 heteroatoms. The fourth-order valence-corrected chi connectivity index (χ4v) is 4.76. The molecule has 1 aliphatic rings. The Balaban J connectivity index is 1.83. The van der Waals surface area contributed by atoms with Gasteiger partial charge < -0.3 is 0 Å². The van der Waals surface area contributed by atoms with E-state index in [9.17, 15) is 13.2 Å². The largest absolute Gasteiger partial charge is 0.289 e. The maximum Gasteiger partial charge on any atom is 0.261 e. The summed E-state index contributed by atoms with van der Waals surface area (Å²) >= 11 is 0. The van der Waals surface area contributed by atoms with E-state index in [0.717, 1.165) is 0 Å². The summed E-state index contributed by atoms with van der Waals surface area (Å²) < 4.78 is 25.1. The molecule has 0 radical (unpaired) electrons. The number of H-pyrrole nitrogens is 1. The van der Waals surface area contributed by atoms with Crippen molar-refractivity contribution in [3.8, 4) is 0 Å². The van der Waals surface area contributed by atoms with Crippen molar-refractivity contribution in [2.24, 2.45) is 0 Å². The Morgan fingerprint density at radius 1 is 1.36 bits per heavy atom. The molecule has 3 rings (SSSR count). The number of aromatic amines is 1. The molecule has 1 fully saturated rings. The number of carbonyl (C=O) groups excluding carboxylic acids is 1. The highest BCUT2D eigenvalue weighted by atomic mass is 32.2. The molecule has 0 aliphatic carbocycles. The van der Waals surface area contributed by atoms with Gasteiger partial charge in [0.1, 0.15) is 5.82 Å². The first-order valence-corrected chi connectivity index (χ1v) is 10.00. The first-order valence-electron chi connectivity index (χ1n) is 8.17. The number of nitrogens with one attached hydrogen (secondary N) is 2. The van der Waals surface area contributed by atoms with Crippen LogP contribution in [-0.4, -0.2) is 50.8 Å². The Morgan fingerprint density at radius 2 is 2.08 bits per heavy atom. The Kier molecular flexibility index (Phi) is 4.40. The number of amides is 1. The van der Waals surface area contributed by atoms with Gasteiger partial charge in [-0.1, -0.05) is 13.8 Å². The highest BCUT2D eigenvalue weighted by molar-refractivity contribution is 7.91. The number of aryl methyl sites for hydroxylation is 1. The van der Waals surface area contributed by atoms with E-state index in [2.05, 4.69) is 25.6 Å². The van der Waals surface area contributed by atoms with E-state index < -0.39 is 9.84 Å². The fourth-order valence-electron chi connectivity index (χ4n) is 3.07. The summed E-state index contributed by atoms with van der Waals surface area (Å²) in [5, 5.41) is 13.8. The molecule has 1 aliphatic heterocycles. The van der Waals surface area contributed by atoms with Crippen LogP contribution < -0.4 is 5.32 Å². The second kappa shape index (κ2) is 6.25. The quantitative estimate of drug-likeness (QED) is 0.842. The maximum atomic E-state index is 12.6. The topological polar surface area (TPSA) is 123 Å². The number of aromatic nitrogens is 5. The number of anilines is 1. The van der Waals surface area contributed by atoms with Crippen LogP contribution in [0.1, 0.15) is 59.8 Å². The zero-order chi connectivity index (χ0) is 18.4. The summed E-state index contributed by atoms with van der Waals surface area (Å²) in [4.78, 5) is 16.8. The van der Waals surface area contributed by atoms with Gasteiger partial charge in [0.15, 0.2) is 9.84 Å². The van der Waals surface area contributed by atoms with Crippen LogP contribution in [0.15, 0.2) is 0 Å². The lowest BCUT2D eigenvalue weighted by atomic mass is 10.1. The zero-order valence-electron chi connectivity index (χ0n) is 14.7. The first-order chi connectivity index (χ1) is 11.7. The highest BCUT2D eigenvalue weighted by Gasteiger charge is 2.32. The SMILES string of the molecule is Cc1nn([C@H]2CCS(=O)(=O)C2)c(C)c1C(=O)Nc1n[nH]c(C(C)C)n1. The lowest BCUT2D eigenvalue weighted by Crippen LogP contribution is -2.17. The number of nitrogens with zero attached hydrogens (tertiary/aromatic N) is 4. The van der Waals surface area contributed by atoms with Crippen LogP contribution in [-0.2, 0) is 9.84 Å². The van der Waals surface area contributed by atoms with E-state index in [4.69, 9.17) is 0 Å². The summed E-state index contributed by atoms with van der Waals surface area (Å²) in [5.41, 5.74) is 1.64. The number of rotatable bonds is 4. The summed E-state index contributed by atoms with van der Waals surface area (Å²) in [6, 6.07) is -0.221. The van der Waals surface area contributed by atoms with Gasteiger partial charge in [-0.25, -0.2) is 8.42 Å². The molecule has 136 valence electrons. The molecule has 0 saturated carbocycles. The van der Waals surface area contributed by atoms with Gasteiger partial charge in [-0.05, 0) is 20.3 Å². The molecule has 9 nitrogen and oxygen atoms in total. The van der Waals surface area contributed by atoms with Crippen LogP contribution in [0.3, 0.4) is 0 Å². The van der Waals surface area contributed by atoms with E-state index in [-0.39, 0.29) is 35.3 Å². The van der Waals surface area contributed by atoms with E-state index in [1.165, 1.54) is 0 Å². The van der Waals surface area contributed by atoms with Crippen LogP contribution in [0.4, 0.5) is 5.95 Å². The fraction of sp³-hybridized carbons (Fsp3) is 0.600. The van der Waals surface area contributed by atoms with Gasteiger partial charge in [-0.2, -0.15) is 10.1 Å². The molecule has 3 heterocycles. The summed E-state index contributed by atoms with van der Waals surface area (Å²) in [7, 11) is -3.02. The van der Waals surface area contributed by atoms with Crippen molar-refractivity contribution in [1.82, 2.24) is 25.0 Å². The van der Waals surface area contributed by atoms with Crippen molar-refractivity contribution in [1.29, 1.82) is 0 Å². The molecule has 0 spiro atoms. The Labute approximate surface area is 146 Å². The lowest BCUT2D eigenvalue weighted by Gasteiger charge is -2.11. The van der Waals surface area contributed by atoms with E-state index in [0.29, 0.717) is 29.2 Å². The predicted molar refractivity (Wildman–Crippen MR) is 92.4 cm³/mol. The average Bonchev–Trinajstić information content (AvgIpc) is 3.17. The maximum absolute atomic E-state index is 12.6. The van der Waals surface area contributed by atoms with Crippen molar-refractivity contribution < 1.29 is 13.2 Å². The lowest BCUT2D eigenvalue weighted by molar-refractivity contribution is 0.102. The molecule has 2 N–H and O–H groups in total. The van der Waals surface area contributed by atoms with Gasteiger partial charge in [-0.3, -0.25) is 19.9 Å². The third-order valence-corrected chi connectivity index (χ3v) is 6.13. The van der Waals surface area contributed by atoms with Gasteiger partial charge in [0, 0.05) is 11.6 Å². The van der Waals surface area contributed by atoms with Crippen molar-refractivity contribution in [2.75, 3.05) is 16.8 Å². The normalized spacial score (nSPS) is 19.5. The number of sulfone groups is 1. The average molecular weight is 366 g/mol. The Hall–Kier alpha value is -2.23. The predicted octanol–water partition coefficient (Wildman–Crippen LogP) is 1.35. The minimum atomic E-state index is -3.02. The van der Waals surface area contributed by atoms with Gasteiger partial charge >= 0.3 is 0 Å². The molecular weight excluding hydrogens is 344 g/mol. The number of hydrogen-bond donors (Lipinski definition) is 2. The molecule has 1 amide bonds. The number of hydrogen-bond acceptors (Lipinski definition) is 6. The van der Waals surface area contributed by atoms with E-state index in [1.807, 2.05) is 13.8 Å². The Bertz CT molecular complexity index is 912. The van der Waals surface area contributed by atoms with Gasteiger partial charge in [0.25, 0.3) is 5.91 Å². The van der Waals surface area contributed by atoms with Gasteiger partial charge in [0.05, 0.1) is 28.8 Å². The standard InChI is InChI=1S/C15H22N6O3S/c1-8(2)13-16-15(19-18-13)17-14(22)12-9(3)20-21(10(12)4)11-5-6-25(23,24)7-11/h8,11H,5-7H2,1-4H3,(H2,16,17,18,19,22)/t11-/m0/s1. The van der Waals surface area contributed by atoms with E-state index >= 15 is 0 Å². The zero-order valence-corrected chi connectivity index (χ0v) is 15.5. The molecular formula is C15H22N6O3S. The van der Waals surface area contributed by atoms with Gasteiger partial charge in [-0.15, -0.1) is 5.10 Å². The van der Waals surface area contributed by atoms with Crippen LogP contribution in [0, 0.1) is 13.8 Å². The van der Waals surface area contributed by atoms with Crippen LogP contribution >= 0.6 is 0 Å². The highest BCUT2D eigenvalue weighted by Crippen LogP contribution is 2.27. The molecule has 0 unspecified atom stereocenters. The van der Waals surface area contributed by atoms with Crippen molar-refractivity contribution in [2.45, 2.75) is 46.1 Å². The Morgan fingerprint density at radius 3 is 2.64 bits per heavy atom. The minimum absolute atomic E-state index is 0.0642. The second-order valence-electron chi connectivity index (χ2n) is 6.70. The van der Waals surface area contributed by atoms with Crippen molar-refractivity contribution >= 4 is 21.7 Å². The van der Waals surface area contributed by atoms with Crippen LogP contribution in [0.2, 0.25) is 0 Å². The molecule has 1 saturated heterocycles. The third kappa shape index (κ3) is 3.44. The molecule has 2 aromatic heterocycles. The van der Waals surface area contributed by atoms with Gasteiger partial charge in [0.2, 0.25) is 5.95 Å². The monoisotopic (exact) mass is 366 g/mol. The third-order valence-electron chi connectivity index (χ3n) is 4.38. The first kappa shape index (κ1) is 17.6. The van der Waals surface area contributed by atoms with Crippen LogP contribution in [0.25, 0.3) is 0 Å². The summed E-state index contributed by atoms with van der Waals surface area (Å²) in [6.07, 6.45) is 0.518. The van der Waals surface area contributed by atoms with Crippen LogP contribution in [0.5, 0.6) is 0 Å². The molecule has 25 heavy (non-hydrogen) atoms.